The van der Waals surface area contributed by atoms with E-state index in [2.05, 4.69) is 10.6 Å². The van der Waals surface area contributed by atoms with Crippen molar-refractivity contribution >= 4 is 34.6 Å². The van der Waals surface area contributed by atoms with Gasteiger partial charge in [0.05, 0.1) is 0 Å². The smallest absolute Gasteiger partial charge is 0.326 e. The van der Waals surface area contributed by atoms with Gasteiger partial charge >= 0.3 is 12.0 Å². The molecule has 2 aromatic carbocycles. The first kappa shape index (κ1) is 21.3. The number of fused-ring (bicyclic) bond motifs is 1. The number of carbonyl (C=O) groups excluding carboxylic acids is 4. The first-order valence-electron chi connectivity index (χ1n) is 9.60. The third-order valence-corrected chi connectivity index (χ3v) is 4.77. The van der Waals surface area contributed by atoms with Gasteiger partial charge in [0.1, 0.15) is 12.1 Å². The van der Waals surface area contributed by atoms with Gasteiger partial charge in [0.15, 0.2) is 6.61 Å². The minimum absolute atomic E-state index is 0.462. The lowest BCUT2D eigenvalue weighted by atomic mass is 9.90. The van der Waals surface area contributed by atoms with Crippen molar-refractivity contribution in [3.05, 3.63) is 48.0 Å². The van der Waals surface area contributed by atoms with Crippen LogP contribution in [0.15, 0.2) is 42.5 Å². The lowest BCUT2D eigenvalue weighted by Crippen LogP contribution is -2.44. The molecule has 0 saturated carbocycles. The maximum Gasteiger partial charge on any atom is 0.326 e. The van der Waals surface area contributed by atoms with E-state index in [0.29, 0.717) is 5.56 Å². The summed E-state index contributed by atoms with van der Waals surface area (Å²) < 4.78 is 4.91. The third kappa shape index (κ3) is 4.42. The fourth-order valence-corrected chi connectivity index (χ4v) is 3.31. The van der Waals surface area contributed by atoms with E-state index in [1.165, 1.54) is 0 Å². The number of esters is 1. The van der Waals surface area contributed by atoms with Gasteiger partial charge in [0, 0.05) is 5.54 Å². The van der Waals surface area contributed by atoms with Crippen LogP contribution in [0.25, 0.3) is 10.8 Å². The number of nitrogens with zero attached hydrogens (tertiary/aromatic N) is 1. The van der Waals surface area contributed by atoms with Crippen LogP contribution in [0.4, 0.5) is 4.79 Å². The molecule has 2 N–H and O–H groups in total. The molecule has 1 fully saturated rings. The van der Waals surface area contributed by atoms with E-state index >= 15 is 0 Å². The van der Waals surface area contributed by atoms with Gasteiger partial charge in [-0.25, -0.2) is 4.79 Å². The largest absolute Gasteiger partial charge is 0.454 e. The number of urea groups is 1. The SMILES string of the molecule is CC(C)(C)NC(=O)COC(=O)CN1C(=O)N[C@](C)(c2ccc3ccccc3c2)C1=O. The van der Waals surface area contributed by atoms with Gasteiger partial charge in [0.25, 0.3) is 11.8 Å². The molecule has 3 rings (SSSR count). The van der Waals surface area contributed by atoms with Crippen LogP contribution in [-0.2, 0) is 24.7 Å². The average molecular weight is 411 g/mol. The lowest BCUT2D eigenvalue weighted by Gasteiger charge is -2.22. The van der Waals surface area contributed by atoms with Crippen molar-refractivity contribution in [1.82, 2.24) is 15.5 Å². The molecule has 158 valence electrons. The van der Waals surface area contributed by atoms with E-state index in [1.54, 1.807) is 33.8 Å². The molecule has 0 spiro atoms. The van der Waals surface area contributed by atoms with Crippen LogP contribution in [0.1, 0.15) is 33.3 Å². The molecule has 0 unspecified atom stereocenters. The maximum absolute atomic E-state index is 13.0. The molecule has 30 heavy (non-hydrogen) atoms. The quantitative estimate of drug-likeness (QED) is 0.579. The Bertz CT molecular complexity index is 1030. The summed E-state index contributed by atoms with van der Waals surface area (Å²) in [5, 5.41) is 7.26. The number of imide groups is 1. The summed E-state index contributed by atoms with van der Waals surface area (Å²) in [7, 11) is 0. The third-order valence-electron chi connectivity index (χ3n) is 4.77. The number of amides is 4. The Balaban J connectivity index is 1.69. The van der Waals surface area contributed by atoms with Gasteiger partial charge in [-0.3, -0.25) is 19.3 Å². The van der Waals surface area contributed by atoms with Crippen LogP contribution in [0.2, 0.25) is 0 Å². The number of ether oxygens (including phenoxy) is 1. The van der Waals surface area contributed by atoms with Crippen molar-refractivity contribution in [3.63, 3.8) is 0 Å². The molecule has 0 bridgehead atoms. The highest BCUT2D eigenvalue weighted by molar-refractivity contribution is 6.09. The zero-order valence-corrected chi connectivity index (χ0v) is 17.4. The van der Waals surface area contributed by atoms with Gasteiger partial charge in [-0.05, 0) is 50.1 Å². The van der Waals surface area contributed by atoms with E-state index < -0.39 is 48.0 Å². The molecule has 8 heteroatoms. The van der Waals surface area contributed by atoms with Gasteiger partial charge < -0.3 is 15.4 Å². The molecule has 0 radical (unpaired) electrons. The second-order valence-corrected chi connectivity index (χ2v) is 8.47. The fraction of sp³-hybridized carbons (Fsp3) is 0.364. The number of benzene rings is 2. The number of hydrogen-bond donors (Lipinski definition) is 2. The highest BCUT2D eigenvalue weighted by atomic mass is 16.5. The Morgan fingerprint density at radius 2 is 1.77 bits per heavy atom. The lowest BCUT2D eigenvalue weighted by molar-refractivity contribution is -0.151. The van der Waals surface area contributed by atoms with Gasteiger partial charge in [-0.1, -0.05) is 36.4 Å². The predicted octanol–water partition coefficient (Wildman–Crippen LogP) is 2.06. The van der Waals surface area contributed by atoms with E-state index in [-0.39, 0.29) is 0 Å². The van der Waals surface area contributed by atoms with Crippen molar-refractivity contribution in [2.75, 3.05) is 13.2 Å². The number of nitrogens with one attached hydrogen (secondary N) is 2. The van der Waals surface area contributed by atoms with Crippen LogP contribution in [0, 0.1) is 0 Å². The maximum atomic E-state index is 13.0. The van der Waals surface area contributed by atoms with Crippen molar-refractivity contribution in [3.8, 4) is 0 Å². The Hall–Kier alpha value is -3.42. The van der Waals surface area contributed by atoms with Crippen LogP contribution >= 0.6 is 0 Å². The standard InChI is InChI=1S/C22H25N3O5/c1-21(2,3)23-17(26)13-30-18(27)12-25-19(28)22(4,24-20(25)29)16-10-9-14-7-5-6-8-15(14)11-16/h5-11H,12-13H2,1-4H3,(H,23,26)(H,24,29)/t22-/m1/s1. The van der Waals surface area contributed by atoms with E-state index in [4.69, 9.17) is 4.74 Å². The van der Waals surface area contributed by atoms with E-state index in [0.717, 1.165) is 15.7 Å². The van der Waals surface area contributed by atoms with Crippen LogP contribution in [-0.4, -0.2) is 47.4 Å². The van der Waals surface area contributed by atoms with E-state index in [1.807, 2.05) is 36.4 Å². The molecule has 0 aromatic heterocycles. The highest BCUT2D eigenvalue weighted by Gasteiger charge is 2.49. The average Bonchev–Trinajstić information content (AvgIpc) is 2.89. The molecule has 1 saturated heterocycles. The van der Waals surface area contributed by atoms with Crippen molar-refractivity contribution < 1.29 is 23.9 Å². The molecule has 2 aromatic rings. The van der Waals surface area contributed by atoms with Crippen LogP contribution in [0.5, 0.6) is 0 Å². The number of rotatable bonds is 5. The Labute approximate surface area is 174 Å². The summed E-state index contributed by atoms with van der Waals surface area (Å²) in [6.45, 7) is 5.94. The highest BCUT2D eigenvalue weighted by Crippen LogP contribution is 2.30. The Kier molecular flexibility index (Phi) is 5.52. The predicted molar refractivity (Wildman–Crippen MR) is 110 cm³/mol. The second-order valence-electron chi connectivity index (χ2n) is 8.47. The normalized spacial score (nSPS) is 19.0. The molecule has 1 aliphatic heterocycles. The minimum atomic E-state index is -1.30. The number of hydrogen-bond acceptors (Lipinski definition) is 5. The summed E-state index contributed by atoms with van der Waals surface area (Å²) >= 11 is 0. The first-order valence-corrected chi connectivity index (χ1v) is 9.60. The summed E-state index contributed by atoms with van der Waals surface area (Å²) in [6.07, 6.45) is 0. The summed E-state index contributed by atoms with van der Waals surface area (Å²) in [5.74, 6) is -1.86. The molecular formula is C22H25N3O5. The molecule has 1 aliphatic rings. The Morgan fingerprint density at radius 1 is 1.10 bits per heavy atom. The monoisotopic (exact) mass is 411 g/mol. The first-order chi connectivity index (χ1) is 14.0. The van der Waals surface area contributed by atoms with Gasteiger partial charge in [-0.15, -0.1) is 0 Å². The topological polar surface area (TPSA) is 105 Å². The van der Waals surface area contributed by atoms with Crippen LogP contribution < -0.4 is 10.6 Å². The molecule has 8 nitrogen and oxygen atoms in total. The van der Waals surface area contributed by atoms with Crippen molar-refractivity contribution in [2.24, 2.45) is 0 Å². The summed E-state index contributed by atoms with van der Waals surface area (Å²) in [4.78, 5) is 50.1. The Morgan fingerprint density at radius 3 is 2.43 bits per heavy atom. The van der Waals surface area contributed by atoms with E-state index in [9.17, 15) is 19.2 Å². The molecule has 1 heterocycles. The molecule has 0 aliphatic carbocycles. The molecule has 1 atom stereocenters. The van der Waals surface area contributed by atoms with Crippen LogP contribution in [0.3, 0.4) is 0 Å². The minimum Gasteiger partial charge on any atom is -0.454 e. The zero-order valence-electron chi connectivity index (χ0n) is 17.4. The summed E-state index contributed by atoms with van der Waals surface area (Å²) in [5.41, 5.74) is -1.15. The van der Waals surface area contributed by atoms with Gasteiger partial charge in [0.2, 0.25) is 0 Å². The molecule has 4 amide bonds. The van der Waals surface area contributed by atoms with Crippen molar-refractivity contribution in [1.29, 1.82) is 0 Å². The van der Waals surface area contributed by atoms with Gasteiger partial charge in [-0.2, -0.15) is 0 Å². The zero-order chi connectivity index (χ0) is 22.1. The number of carbonyl (C=O) groups is 4. The molecular weight excluding hydrogens is 386 g/mol. The van der Waals surface area contributed by atoms with Crippen molar-refractivity contribution in [2.45, 2.75) is 38.8 Å². The second kappa shape index (κ2) is 7.78. The fourth-order valence-electron chi connectivity index (χ4n) is 3.31. The summed E-state index contributed by atoms with van der Waals surface area (Å²) in [6, 6.07) is 12.5.